The number of hydrogen-bond donors (Lipinski definition) is 1. The van der Waals surface area contributed by atoms with Gasteiger partial charge in [-0.3, -0.25) is 4.79 Å². The van der Waals surface area contributed by atoms with Gasteiger partial charge in [0.05, 0.1) is 18.6 Å². The molecule has 1 N–H and O–H groups in total. The number of esters is 1. The Morgan fingerprint density at radius 2 is 2.13 bits per heavy atom. The highest BCUT2D eigenvalue weighted by Gasteiger charge is 2.38. The van der Waals surface area contributed by atoms with Crippen LogP contribution in [0.2, 0.25) is 0 Å². The van der Waals surface area contributed by atoms with E-state index < -0.39 is 17.2 Å². The fourth-order valence-electron chi connectivity index (χ4n) is 4.09. The molecule has 5 nitrogen and oxygen atoms in total. The molecule has 1 aromatic rings. The lowest BCUT2D eigenvalue weighted by molar-refractivity contribution is -0.137. The Hall–Kier alpha value is -2.82. The number of hydrogen-bond acceptors (Lipinski definition) is 4. The molecule has 1 aliphatic carbocycles. The first kappa shape index (κ1) is 22.9. The smallest absolute Gasteiger partial charge is 0.408 e. The summed E-state index contributed by atoms with van der Waals surface area (Å²) in [7, 11) is 0. The number of cyclic esters (lactones) is 1. The molecule has 31 heavy (non-hydrogen) atoms. The number of rotatable bonds is 6. The summed E-state index contributed by atoms with van der Waals surface area (Å²) >= 11 is 0. The van der Waals surface area contributed by atoms with E-state index in [1.807, 2.05) is 39.0 Å². The quantitative estimate of drug-likeness (QED) is 0.611. The van der Waals surface area contributed by atoms with E-state index in [2.05, 4.69) is 54.7 Å². The zero-order chi connectivity index (χ0) is 22.5. The van der Waals surface area contributed by atoms with E-state index in [9.17, 15) is 9.59 Å². The summed E-state index contributed by atoms with van der Waals surface area (Å²) in [6.45, 7) is 8.18. The maximum Gasteiger partial charge on any atom is 0.408 e. The molecule has 0 saturated carbocycles. The van der Waals surface area contributed by atoms with Crippen LogP contribution in [0.3, 0.4) is 0 Å². The largest absolute Gasteiger partial charge is 0.465 e. The topological polar surface area (TPSA) is 64.6 Å². The summed E-state index contributed by atoms with van der Waals surface area (Å²) in [6.07, 6.45) is 14.0. The van der Waals surface area contributed by atoms with Crippen LogP contribution in [0.1, 0.15) is 64.0 Å². The number of benzene rings is 1. The van der Waals surface area contributed by atoms with Crippen molar-refractivity contribution in [2.75, 3.05) is 6.61 Å². The van der Waals surface area contributed by atoms with E-state index in [1.54, 1.807) is 0 Å². The monoisotopic (exact) mass is 423 g/mol. The number of alkyl carbamates (subject to hydrolysis) is 1. The van der Waals surface area contributed by atoms with Gasteiger partial charge in [0, 0.05) is 11.8 Å². The Morgan fingerprint density at radius 3 is 2.81 bits per heavy atom. The molecule has 3 rings (SSSR count). The van der Waals surface area contributed by atoms with Gasteiger partial charge >= 0.3 is 12.1 Å². The molecule has 2 aliphatic rings. The van der Waals surface area contributed by atoms with Gasteiger partial charge in [-0.25, -0.2) is 4.79 Å². The molecule has 0 bridgehead atoms. The molecule has 0 aromatic heterocycles. The summed E-state index contributed by atoms with van der Waals surface area (Å²) in [6, 6.07) is 8.35. The van der Waals surface area contributed by atoms with Crippen molar-refractivity contribution in [2.24, 2.45) is 5.92 Å². The van der Waals surface area contributed by atoms with E-state index >= 15 is 0 Å². The Balaban J connectivity index is 1.76. The predicted molar refractivity (Wildman–Crippen MR) is 123 cm³/mol. The third-order valence-corrected chi connectivity index (χ3v) is 5.67. The van der Waals surface area contributed by atoms with Crippen LogP contribution in [-0.2, 0) is 14.3 Å². The second kappa shape index (κ2) is 9.54. The van der Waals surface area contributed by atoms with Gasteiger partial charge < -0.3 is 14.8 Å². The summed E-state index contributed by atoms with van der Waals surface area (Å²) in [5.41, 5.74) is 1.11. The third kappa shape index (κ3) is 6.09. The molecule has 0 unspecified atom stereocenters. The van der Waals surface area contributed by atoms with Gasteiger partial charge in [0.15, 0.2) is 0 Å². The Morgan fingerprint density at radius 1 is 1.32 bits per heavy atom. The van der Waals surface area contributed by atoms with E-state index in [0.717, 1.165) is 24.0 Å². The van der Waals surface area contributed by atoms with Gasteiger partial charge in [0.2, 0.25) is 0 Å². The van der Waals surface area contributed by atoms with Gasteiger partial charge in [0.25, 0.3) is 0 Å². The zero-order valence-electron chi connectivity index (χ0n) is 18.9. The van der Waals surface area contributed by atoms with Crippen molar-refractivity contribution in [1.82, 2.24) is 5.32 Å². The van der Waals surface area contributed by atoms with E-state index in [4.69, 9.17) is 9.47 Å². The molecule has 1 aliphatic heterocycles. The minimum absolute atomic E-state index is 0.00998. The normalized spacial score (nSPS) is 25.6. The van der Waals surface area contributed by atoms with E-state index in [-0.39, 0.29) is 17.8 Å². The minimum atomic E-state index is -0.555. The van der Waals surface area contributed by atoms with Crippen LogP contribution < -0.4 is 5.32 Å². The predicted octanol–water partition coefficient (Wildman–Crippen LogP) is 5.54. The fourth-order valence-corrected chi connectivity index (χ4v) is 4.09. The maximum atomic E-state index is 12.6. The Bertz CT molecular complexity index is 893. The molecule has 1 saturated heterocycles. The molecular formula is C26H33NO4. The number of carbonyl (C=O) groups excluding carboxylic acids is 2. The second-order valence-corrected chi connectivity index (χ2v) is 9.30. The third-order valence-electron chi connectivity index (χ3n) is 5.67. The van der Waals surface area contributed by atoms with Gasteiger partial charge in [-0.1, -0.05) is 67.6 Å². The lowest BCUT2D eigenvalue weighted by Gasteiger charge is -2.39. The lowest BCUT2D eigenvalue weighted by Crippen LogP contribution is -2.52. The van der Waals surface area contributed by atoms with Crippen molar-refractivity contribution in [3.05, 3.63) is 65.8 Å². The number of ether oxygens (including phenoxy) is 2. The molecule has 1 heterocycles. The van der Waals surface area contributed by atoms with E-state index in [1.165, 1.54) is 0 Å². The molecule has 1 aromatic carbocycles. The molecule has 0 radical (unpaired) electrons. The SMILES string of the molecule is CC[C@]1(NC(=O)OC(C)(C)C)C=CC=C[C@H]1c1cccc(C=CC[C@H]2COC(=O)C2)c1. The molecule has 3 atom stereocenters. The van der Waals surface area contributed by atoms with Crippen molar-refractivity contribution >= 4 is 18.1 Å². The van der Waals surface area contributed by atoms with Crippen molar-refractivity contribution in [2.45, 2.75) is 64.0 Å². The number of nitrogens with one attached hydrogen (secondary N) is 1. The second-order valence-electron chi connectivity index (χ2n) is 9.30. The minimum Gasteiger partial charge on any atom is -0.465 e. The molecule has 1 fully saturated rings. The van der Waals surface area contributed by atoms with Crippen LogP contribution in [0, 0.1) is 5.92 Å². The highest BCUT2D eigenvalue weighted by molar-refractivity contribution is 5.71. The van der Waals surface area contributed by atoms with E-state index in [0.29, 0.717) is 13.0 Å². The van der Waals surface area contributed by atoms with Crippen LogP contribution in [0.4, 0.5) is 4.79 Å². The van der Waals surface area contributed by atoms with Gasteiger partial charge in [-0.2, -0.15) is 0 Å². The average Bonchev–Trinajstić information content (AvgIpc) is 3.12. The molecule has 166 valence electrons. The summed E-state index contributed by atoms with van der Waals surface area (Å²) in [5.74, 6) is 0.152. The van der Waals surface area contributed by atoms with Gasteiger partial charge in [-0.05, 0) is 44.7 Å². The first-order valence-corrected chi connectivity index (χ1v) is 11.0. The van der Waals surface area contributed by atoms with Gasteiger partial charge in [-0.15, -0.1) is 0 Å². The highest BCUT2D eigenvalue weighted by Crippen LogP contribution is 2.37. The lowest BCUT2D eigenvalue weighted by atomic mass is 9.74. The molecule has 5 heteroatoms. The summed E-state index contributed by atoms with van der Waals surface area (Å²) in [5, 5.41) is 3.13. The van der Waals surface area contributed by atoms with Gasteiger partial charge in [0.1, 0.15) is 5.60 Å². The van der Waals surface area contributed by atoms with Crippen molar-refractivity contribution in [3.8, 4) is 0 Å². The summed E-state index contributed by atoms with van der Waals surface area (Å²) < 4.78 is 10.6. The molecular weight excluding hydrogens is 390 g/mol. The van der Waals surface area contributed by atoms with Crippen LogP contribution >= 0.6 is 0 Å². The Kier molecular flexibility index (Phi) is 7.04. The van der Waals surface area contributed by atoms with Crippen LogP contribution in [0.5, 0.6) is 0 Å². The van der Waals surface area contributed by atoms with Crippen molar-refractivity contribution in [3.63, 3.8) is 0 Å². The highest BCUT2D eigenvalue weighted by atomic mass is 16.6. The first-order valence-electron chi connectivity index (χ1n) is 11.0. The Labute approximate surface area is 185 Å². The summed E-state index contributed by atoms with van der Waals surface area (Å²) in [4.78, 5) is 23.8. The number of amides is 1. The standard InChI is InChI=1S/C26H33NO4/c1-5-26(27-24(29)31-25(2,3)4)15-7-6-14-22(26)21-13-9-11-19(16-21)10-8-12-20-17-23(28)30-18-20/h6-11,13-16,20,22H,5,12,17-18H2,1-4H3,(H,27,29)/t20-,22+,26+/m1/s1. The van der Waals surface area contributed by atoms with Crippen LogP contribution in [-0.4, -0.2) is 29.8 Å². The average molecular weight is 424 g/mol. The molecule has 0 spiro atoms. The first-order chi connectivity index (χ1) is 14.7. The molecule has 1 amide bonds. The maximum absolute atomic E-state index is 12.6. The zero-order valence-corrected chi connectivity index (χ0v) is 18.9. The van der Waals surface area contributed by atoms with Crippen LogP contribution in [0.25, 0.3) is 6.08 Å². The number of allylic oxidation sites excluding steroid dienone is 3. The van der Waals surface area contributed by atoms with Crippen molar-refractivity contribution in [1.29, 1.82) is 0 Å². The van der Waals surface area contributed by atoms with Crippen LogP contribution in [0.15, 0.2) is 54.6 Å². The number of carbonyl (C=O) groups is 2. The fraction of sp³-hybridized carbons (Fsp3) is 0.462. The van der Waals surface area contributed by atoms with Crippen molar-refractivity contribution < 1.29 is 19.1 Å².